The van der Waals surface area contributed by atoms with Crippen LogP contribution in [0.5, 0.6) is 0 Å². The Bertz CT molecular complexity index is 864. The quantitative estimate of drug-likeness (QED) is 0.878. The van der Waals surface area contributed by atoms with Crippen molar-refractivity contribution in [3.63, 3.8) is 0 Å². The van der Waals surface area contributed by atoms with Gasteiger partial charge in [-0.2, -0.15) is 0 Å². The van der Waals surface area contributed by atoms with E-state index in [2.05, 4.69) is 25.2 Å². The van der Waals surface area contributed by atoms with E-state index < -0.39 is 6.04 Å². The maximum absolute atomic E-state index is 13.4. The van der Waals surface area contributed by atoms with E-state index in [0.29, 0.717) is 0 Å². The van der Waals surface area contributed by atoms with Crippen LogP contribution in [0.1, 0.15) is 56.8 Å². The zero-order chi connectivity index (χ0) is 19.7. The molecule has 2 aromatic rings. The maximum atomic E-state index is 13.4. The van der Waals surface area contributed by atoms with Crippen molar-refractivity contribution < 1.29 is 9.59 Å². The molecule has 0 saturated heterocycles. The molecule has 1 aliphatic heterocycles. The molecule has 1 aromatic heterocycles. The van der Waals surface area contributed by atoms with Gasteiger partial charge in [0.2, 0.25) is 11.8 Å². The Kier molecular flexibility index (Phi) is 5.25. The monoisotopic (exact) mass is 379 g/mol. The number of aryl methyl sites for hydroxylation is 1. The van der Waals surface area contributed by atoms with Crippen molar-refractivity contribution in [3.8, 4) is 0 Å². The molecule has 5 heteroatoms. The minimum atomic E-state index is -0.622. The van der Waals surface area contributed by atoms with Gasteiger partial charge in [0, 0.05) is 17.9 Å². The first-order chi connectivity index (χ1) is 13.6. The molecule has 148 valence electrons. The van der Waals surface area contributed by atoms with Gasteiger partial charge in [-0.25, -0.2) is 0 Å². The highest BCUT2D eigenvalue weighted by atomic mass is 16.2. The fourth-order valence-corrected chi connectivity index (χ4v) is 4.47. The number of benzene rings is 1. The Morgan fingerprint density at radius 1 is 1.14 bits per heavy atom. The lowest BCUT2D eigenvalue weighted by molar-refractivity contribution is -0.128. The van der Waals surface area contributed by atoms with Crippen molar-refractivity contribution >= 4 is 17.5 Å². The molecule has 0 bridgehead atoms. The normalized spacial score (nSPS) is 24.7. The number of nitrogens with one attached hydrogen (secondary N) is 1. The van der Waals surface area contributed by atoms with E-state index in [1.807, 2.05) is 41.1 Å². The minimum Gasteiger partial charge on any atom is -0.351 e. The molecular weight excluding hydrogens is 350 g/mol. The van der Waals surface area contributed by atoms with E-state index >= 15 is 0 Å². The molecule has 1 fully saturated rings. The van der Waals surface area contributed by atoms with Crippen LogP contribution in [0.2, 0.25) is 0 Å². The molecule has 1 unspecified atom stereocenters. The molecule has 1 aliphatic carbocycles. The molecule has 1 atom stereocenters. The molecule has 2 amide bonds. The van der Waals surface area contributed by atoms with Gasteiger partial charge in [0.15, 0.2) is 6.04 Å². The zero-order valence-electron chi connectivity index (χ0n) is 16.7. The van der Waals surface area contributed by atoms with Crippen molar-refractivity contribution in [2.24, 2.45) is 5.92 Å². The van der Waals surface area contributed by atoms with Crippen LogP contribution < -0.4 is 10.2 Å². The standard InChI is InChI=1S/C23H29N3O2/c1-3-17-6-4-7-19(14-17)26-21(27)15-25-13-5-8-20(25)22(26)23(28)24-18-11-9-16(2)10-12-18/h4-8,13-14,16,18,22H,3,9-12,15H2,1-2H3,(H,24,28). The first-order valence-electron chi connectivity index (χ1n) is 10.4. The maximum Gasteiger partial charge on any atom is 0.249 e. The number of amides is 2. The Labute approximate surface area is 166 Å². The molecule has 1 saturated carbocycles. The third-order valence-electron chi connectivity index (χ3n) is 6.18. The molecule has 0 spiro atoms. The van der Waals surface area contributed by atoms with E-state index in [-0.39, 0.29) is 24.4 Å². The van der Waals surface area contributed by atoms with Crippen LogP contribution in [0, 0.1) is 5.92 Å². The van der Waals surface area contributed by atoms with Gasteiger partial charge in [0.1, 0.15) is 6.54 Å². The summed E-state index contributed by atoms with van der Waals surface area (Å²) in [6.07, 6.45) is 7.10. The van der Waals surface area contributed by atoms with Crippen molar-refractivity contribution in [1.29, 1.82) is 0 Å². The lowest BCUT2D eigenvalue weighted by Gasteiger charge is -2.37. The highest BCUT2D eigenvalue weighted by Crippen LogP contribution is 2.33. The SMILES string of the molecule is CCc1cccc(N2C(=O)Cn3cccc3C2C(=O)NC2CCC(C)CC2)c1. The summed E-state index contributed by atoms with van der Waals surface area (Å²) in [6, 6.07) is 11.4. The molecule has 5 nitrogen and oxygen atoms in total. The van der Waals surface area contributed by atoms with Gasteiger partial charge in [0.05, 0.1) is 5.69 Å². The molecule has 1 N–H and O–H groups in total. The summed E-state index contributed by atoms with van der Waals surface area (Å²) >= 11 is 0. The molecule has 1 aromatic carbocycles. The number of hydrogen-bond donors (Lipinski definition) is 1. The van der Waals surface area contributed by atoms with Crippen molar-refractivity contribution in [2.45, 2.75) is 64.6 Å². The first kappa shape index (κ1) is 18.8. The Hall–Kier alpha value is -2.56. The summed E-state index contributed by atoms with van der Waals surface area (Å²) < 4.78 is 1.90. The summed E-state index contributed by atoms with van der Waals surface area (Å²) in [4.78, 5) is 28.1. The number of fused-ring (bicyclic) bond motifs is 1. The van der Waals surface area contributed by atoms with Gasteiger partial charge in [0.25, 0.3) is 0 Å². The summed E-state index contributed by atoms with van der Waals surface area (Å²) in [5.41, 5.74) is 2.84. The lowest BCUT2D eigenvalue weighted by Crippen LogP contribution is -2.51. The van der Waals surface area contributed by atoms with Crippen molar-refractivity contribution in [2.75, 3.05) is 4.90 Å². The van der Waals surface area contributed by atoms with Gasteiger partial charge in [-0.1, -0.05) is 26.0 Å². The van der Waals surface area contributed by atoms with Gasteiger partial charge in [-0.05, 0) is 67.9 Å². The summed E-state index contributed by atoms with van der Waals surface area (Å²) in [7, 11) is 0. The number of rotatable bonds is 4. The molecule has 4 rings (SSSR count). The topological polar surface area (TPSA) is 54.3 Å². The summed E-state index contributed by atoms with van der Waals surface area (Å²) in [5.74, 6) is 0.610. The second-order valence-electron chi connectivity index (χ2n) is 8.22. The number of carbonyl (C=O) groups is 2. The summed E-state index contributed by atoms with van der Waals surface area (Å²) in [6.45, 7) is 4.63. The number of anilines is 1. The van der Waals surface area contributed by atoms with Gasteiger partial charge in [-0.15, -0.1) is 0 Å². The van der Waals surface area contributed by atoms with E-state index in [1.54, 1.807) is 4.90 Å². The van der Waals surface area contributed by atoms with Crippen LogP contribution in [0.25, 0.3) is 0 Å². The predicted molar refractivity (Wildman–Crippen MR) is 110 cm³/mol. The van der Waals surface area contributed by atoms with E-state index in [0.717, 1.165) is 55.0 Å². The lowest BCUT2D eigenvalue weighted by atomic mass is 9.87. The van der Waals surface area contributed by atoms with Crippen LogP contribution in [-0.2, 0) is 22.6 Å². The van der Waals surface area contributed by atoms with Crippen molar-refractivity contribution in [3.05, 3.63) is 53.9 Å². The average Bonchev–Trinajstić information content (AvgIpc) is 3.16. The smallest absolute Gasteiger partial charge is 0.249 e. The van der Waals surface area contributed by atoms with Crippen LogP contribution in [-0.4, -0.2) is 22.4 Å². The van der Waals surface area contributed by atoms with Gasteiger partial charge >= 0.3 is 0 Å². The fourth-order valence-electron chi connectivity index (χ4n) is 4.47. The molecule has 0 radical (unpaired) electrons. The number of carbonyl (C=O) groups excluding carboxylic acids is 2. The van der Waals surface area contributed by atoms with Crippen molar-refractivity contribution in [1.82, 2.24) is 9.88 Å². The molecule has 28 heavy (non-hydrogen) atoms. The van der Waals surface area contributed by atoms with Crippen LogP contribution in [0.15, 0.2) is 42.6 Å². The van der Waals surface area contributed by atoms with E-state index in [9.17, 15) is 9.59 Å². The minimum absolute atomic E-state index is 0.0469. The Morgan fingerprint density at radius 2 is 1.93 bits per heavy atom. The summed E-state index contributed by atoms with van der Waals surface area (Å²) in [5, 5.41) is 3.24. The molecular formula is C23H29N3O2. The fraction of sp³-hybridized carbons (Fsp3) is 0.478. The molecule has 2 heterocycles. The average molecular weight is 380 g/mol. The Balaban J connectivity index is 1.65. The van der Waals surface area contributed by atoms with E-state index in [4.69, 9.17) is 0 Å². The zero-order valence-corrected chi connectivity index (χ0v) is 16.7. The van der Waals surface area contributed by atoms with Crippen LogP contribution in [0.4, 0.5) is 5.69 Å². The molecule has 2 aliphatic rings. The first-order valence-corrected chi connectivity index (χ1v) is 10.4. The Morgan fingerprint density at radius 3 is 2.68 bits per heavy atom. The third-order valence-corrected chi connectivity index (χ3v) is 6.18. The number of aromatic nitrogens is 1. The number of hydrogen-bond acceptors (Lipinski definition) is 2. The predicted octanol–water partition coefficient (Wildman–Crippen LogP) is 3.83. The van der Waals surface area contributed by atoms with Crippen LogP contribution in [0.3, 0.4) is 0 Å². The second-order valence-corrected chi connectivity index (χ2v) is 8.22. The van der Waals surface area contributed by atoms with Gasteiger partial charge < -0.3 is 9.88 Å². The van der Waals surface area contributed by atoms with Crippen LogP contribution >= 0.6 is 0 Å². The third kappa shape index (κ3) is 3.58. The highest BCUT2D eigenvalue weighted by Gasteiger charge is 2.39. The van der Waals surface area contributed by atoms with E-state index in [1.165, 1.54) is 0 Å². The second kappa shape index (κ2) is 7.82. The van der Waals surface area contributed by atoms with Gasteiger partial charge in [-0.3, -0.25) is 14.5 Å². The highest BCUT2D eigenvalue weighted by molar-refractivity contribution is 6.02. The number of nitrogens with zero attached hydrogens (tertiary/aromatic N) is 2. The largest absolute Gasteiger partial charge is 0.351 e.